The first kappa shape index (κ1) is 18.6. The van der Waals surface area contributed by atoms with Gasteiger partial charge in [0, 0.05) is 21.3 Å². The van der Waals surface area contributed by atoms with Crippen LogP contribution >= 0.6 is 23.2 Å². The van der Waals surface area contributed by atoms with Gasteiger partial charge in [-0.1, -0.05) is 54.4 Å². The smallest absolute Gasteiger partial charge is 0.328 e. The molecule has 2 aromatic rings. The van der Waals surface area contributed by atoms with Gasteiger partial charge in [0.15, 0.2) is 0 Å². The molecule has 1 atom stereocenters. The van der Waals surface area contributed by atoms with Crippen LogP contribution in [0.1, 0.15) is 30.5 Å². The molecule has 0 radical (unpaired) electrons. The van der Waals surface area contributed by atoms with Crippen LogP contribution in [-0.2, 0) is 22.6 Å². The lowest BCUT2D eigenvalue weighted by Gasteiger charge is -2.19. The highest BCUT2D eigenvalue weighted by molar-refractivity contribution is 6.35. The third kappa shape index (κ3) is 4.65. The van der Waals surface area contributed by atoms with Gasteiger partial charge in [-0.2, -0.15) is 0 Å². The van der Waals surface area contributed by atoms with Gasteiger partial charge in [-0.05, 0) is 43.5 Å². The quantitative estimate of drug-likeness (QED) is 0.695. The fourth-order valence-corrected chi connectivity index (χ4v) is 2.88. The van der Waals surface area contributed by atoms with Crippen LogP contribution in [-0.4, -0.2) is 12.0 Å². The van der Waals surface area contributed by atoms with Gasteiger partial charge in [0.05, 0.1) is 0 Å². The SMILES string of the molecule is CCc1cccc(C)c1NC(C)C(=O)OCc1ccc(Cl)cc1Cl. The predicted molar refractivity (Wildman–Crippen MR) is 99.9 cm³/mol. The number of halogens is 2. The number of anilines is 1. The lowest BCUT2D eigenvalue weighted by atomic mass is 10.1. The summed E-state index contributed by atoms with van der Waals surface area (Å²) in [5.74, 6) is -0.327. The number of carbonyl (C=O) groups is 1. The molecule has 5 heteroatoms. The lowest BCUT2D eigenvalue weighted by Crippen LogP contribution is -2.29. The first-order chi connectivity index (χ1) is 11.4. The molecule has 0 aliphatic heterocycles. The highest BCUT2D eigenvalue weighted by Gasteiger charge is 2.17. The summed E-state index contributed by atoms with van der Waals surface area (Å²) in [7, 11) is 0. The predicted octanol–water partition coefficient (Wildman–Crippen LogP) is 5.41. The normalized spacial score (nSPS) is 11.9. The molecule has 2 aromatic carbocycles. The Bertz CT molecular complexity index is 731. The molecule has 24 heavy (non-hydrogen) atoms. The average molecular weight is 366 g/mol. The lowest BCUT2D eigenvalue weighted by molar-refractivity contribution is -0.145. The maximum Gasteiger partial charge on any atom is 0.328 e. The fourth-order valence-electron chi connectivity index (χ4n) is 2.42. The number of esters is 1. The summed E-state index contributed by atoms with van der Waals surface area (Å²) >= 11 is 12.0. The number of nitrogens with one attached hydrogen (secondary N) is 1. The Morgan fingerprint density at radius 2 is 1.96 bits per heavy atom. The molecule has 0 aliphatic carbocycles. The zero-order valence-corrected chi connectivity index (χ0v) is 15.5. The largest absolute Gasteiger partial charge is 0.459 e. The van der Waals surface area contributed by atoms with Crippen LogP contribution in [0.25, 0.3) is 0 Å². The summed E-state index contributed by atoms with van der Waals surface area (Å²) < 4.78 is 5.37. The van der Waals surface area contributed by atoms with Gasteiger partial charge < -0.3 is 10.1 Å². The Morgan fingerprint density at radius 3 is 2.62 bits per heavy atom. The van der Waals surface area contributed by atoms with Crippen LogP contribution in [0.2, 0.25) is 10.0 Å². The molecule has 1 N–H and O–H groups in total. The Hall–Kier alpha value is -1.71. The van der Waals surface area contributed by atoms with Crippen molar-refractivity contribution in [3.8, 4) is 0 Å². The molecule has 1 unspecified atom stereocenters. The van der Waals surface area contributed by atoms with E-state index in [1.165, 1.54) is 5.56 Å². The molecule has 0 saturated heterocycles. The van der Waals surface area contributed by atoms with E-state index in [1.54, 1.807) is 25.1 Å². The molecule has 0 bridgehead atoms. The molecule has 128 valence electrons. The van der Waals surface area contributed by atoms with Crippen LogP contribution in [0.5, 0.6) is 0 Å². The van der Waals surface area contributed by atoms with Crippen molar-refractivity contribution >= 4 is 34.9 Å². The molecule has 0 aliphatic rings. The topological polar surface area (TPSA) is 38.3 Å². The van der Waals surface area contributed by atoms with Gasteiger partial charge in [0.1, 0.15) is 12.6 Å². The third-order valence-electron chi connectivity index (χ3n) is 3.84. The van der Waals surface area contributed by atoms with Crippen LogP contribution in [0, 0.1) is 6.92 Å². The molecule has 0 spiro atoms. The first-order valence-electron chi connectivity index (χ1n) is 7.88. The number of carbonyl (C=O) groups excluding carboxylic acids is 1. The zero-order chi connectivity index (χ0) is 17.7. The van der Waals surface area contributed by atoms with E-state index in [0.29, 0.717) is 10.0 Å². The minimum absolute atomic E-state index is 0.120. The number of rotatable bonds is 6. The number of hydrogen-bond donors (Lipinski definition) is 1. The molecule has 0 saturated carbocycles. The molecule has 0 aromatic heterocycles. The number of hydrogen-bond acceptors (Lipinski definition) is 3. The summed E-state index contributed by atoms with van der Waals surface area (Å²) in [6.07, 6.45) is 0.895. The molecule has 3 nitrogen and oxygen atoms in total. The van der Waals surface area contributed by atoms with Crippen molar-refractivity contribution in [1.82, 2.24) is 0 Å². The van der Waals surface area contributed by atoms with Crippen molar-refractivity contribution in [1.29, 1.82) is 0 Å². The van der Waals surface area contributed by atoms with Crippen LogP contribution < -0.4 is 5.32 Å². The monoisotopic (exact) mass is 365 g/mol. The highest BCUT2D eigenvalue weighted by atomic mass is 35.5. The van der Waals surface area contributed by atoms with Crippen molar-refractivity contribution in [3.05, 3.63) is 63.1 Å². The minimum Gasteiger partial charge on any atom is -0.459 e. The van der Waals surface area contributed by atoms with E-state index in [-0.39, 0.29) is 12.6 Å². The van der Waals surface area contributed by atoms with Crippen LogP contribution in [0.15, 0.2) is 36.4 Å². The summed E-state index contributed by atoms with van der Waals surface area (Å²) in [5, 5.41) is 4.30. The van der Waals surface area contributed by atoms with E-state index >= 15 is 0 Å². The summed E-state index contributed by atoms with van der Waals surface area (Å²) in [6, 6.07) is 10.8. The van der Waals surface area contributed by atoms with Gasteiger partial charge >= 0.3 is 5.97 Å². The highest BCUT2D eigenvalue weighted by Crippen LogP contribution is 2.23. The molecular formula is C19H21Cl2NO2. The number of para-hydroxylation sites is 1. The standard InChI is InChI=1S/C19H21Cl2NO2/c1-4-14-7-5-6-12(2)18(14)22-13(3)19(23)24-11-15-8-9-16(20)10-17(15)21/h5-10,13,22H,4,11H2,1-3H3. The molecule has 0 amide bonds. The maximum absolute atomic E-state index is 12.3. The number of ether oxygens (including phenoxy) is 1. The summed E-state index contributed by atoms with van der Waals surface area (Å²) in [5.41, 5.74) is 4.01. The molecule has 0 heterocycles. The molecule has 2 rings (SSSR count). The number of benzene rings is 2. The van der Waals surface area contributed by atoms with Crippen molar-refractivity contribution in [2.45, 2.75) is 39.8 Å². The van der Waals surface area contributed by atoms with Crippen LogP contribution in [0.3, 0.4) is 0 Å². The molecule has 0 fully saturated rings. The van der Waals surface area contributed by atoms with Crippen molar-refractivity contribution in [2.75, 3.05) is 5.32 Å². The first-order valence-corrected chi connectivity index (χ1v) is 8.63. The summed E-state index contributed by atoms with van der Waals surface area (Å²) in [4.78, 5) is 12.3. The molecular weight excluding hydrogens is 345 g/mol. The third-order valence-corrected chi connectivity index (χ3v) is 4.43. The van der Waals surface area contributed by atoms with Gasteiger partial charge in [-0.25, -0.2) is 4.79 Å². The summed E-state index contributed by atoms with van der Waals surface area (Å²) in [6.45, 7) is 6.02. The van der Waals surface area contributed by atoms with E-state index < -0.39 is 6.04 Å². The zero-order valence-electron chi connectivity index (χ0n) is 14.0. The Kier molecular flexibility index (Phi) is 6.52. The Labute approximate surface area is 152 Å². The fraction of sp³-hybridized carbons (Fsp3) is 0.316. The van der Waals surface area contributed by atoms with Crippen LogP contribution in [0.4, 0.5) is 5.69 Å². The van der Waals surface area contributed by atoms with Crippen molar-refractivity contribution < 1.29 is 9.53 Å². The van der Waals surface area contributed by atoms with Gasteiger partial charge in [0.25, 0.3) is 0 Å². The minimum atomic E-state index is -0.456. The maximum atomic E-state index is 12.3. The Morgan fingerprint density at radius 1 is 1.21 bits per heavy atom. The van der Waals surface area contributed by atoms with Gasteiger partial charge in [-0.15, -0.1) is 0 Å². The van der Waals surface area contributed by atoms with E-state index in [2.05, 4.69) is 18.3 Å². The van der Waals surface area contributed by atoms with E-state index in [4.69, 9.17) is 27.9 Å². The van der Waals surface area contributed by atoms with E-state index in [9.17, 15) is 4.79 Å². The van der Waals surface area contributed by atoms with E-state index in [1.807, 2.05) is 19.1 Å². The van der Waals surface area contributed by atoms with Crippen molar-refractivity contribution in [3.63, 3.8) is 0 Å². The number of aryl methyl sites for hydroxylation is 2. The van der Waals surface area contributed by atoms with Gasteiger partial charge in [-0.3, -0.25) is 0 Å². The van der Waals surface area contributed by atoms with E-state index in [0.717, 1.165) is 23.2 Å². The Balaban J connectivity index is 2.00. The second kappa shape index (κ2) is 8.41. The average Bonchev–Trinajstić information content (AvgIpc) is 2.55. The van der Waals surface area contributed by atoms with Gasteiger partial charge in [0.2, 0.25) is 0 Å². The second-order valence-electron chi connectivity index (χ2n) is 5.67. The van der Waals surface area contributed by atoms with Crippen molar-refractivity contribution in [2.24, 2.45) is 0 Å². The second-order valence-corrected chi connectivity index (χ2v) is 6.52.